The summed E-state index contributed by atoms with van der Waals surface area (Å²) in [5.74, 6) is 0.611. The minimum Gasteiger partial charge on any atom is -0.382 e. The van der Waals surface area contributed by atoms with Crippen LogP contribution in [0.4, 0.5) is 10.1 Å². The average Bonchev–Trinajstić information content (AvgIpc) is 3.57. The molecule has 1 amide bonds. The Hall–Kier alpha value is -2.97. The molecular formula is C35H45ClFN6O. The van der Waals surface area contributed by atoms with Crippen LogP contribution in [0, 0.1) is 23.2 Å². The second-order valence-corrected chi connectivity index (χ2v) is 13.7. The Labute approximate surface area is 266 Å². The molecule has 2 heterocycles. The highest BCUT2D eigenvalue weighted by atomic mass is 35.5. The number of rotatable bonds is 10. The zero-order valence-corrected chi connectivity index (χ0v) is 26.3. The highest BCUT2D eigenvalue weighted by molar-refractivity contribution is 6.30. The van der Waals surface area contributed by atoms with Crippen molar-refractivity contribution in [3.63, 3.8) is 0 Å². The largest absolute Gasteiger partial charge is 0.382 e. The van der Waals surface area contributed by atoms with Gasteiger partial charge in [0.15, 0.2) is 0 Å². The van der Waals surface area contributed by atoms with Crippen LogP contribution in [0.15, 0.2) is 55.1 Å². The van der Waals surface area contributed by atoms with Crippen molar-refractivity contribution in [1.82, 2.24) is 25.0 Å². The fraction of sp³-hybridized carbons (Fsp3) is 0.571. The van der Waals surface area contributed by atoms with E-state index >= 15 is 0 Å². The molecule has 3 fully saturated rings. The molecule has 7 nitrogen and oxygen atoms in total. The van der Waals surface area contributed by atoms with Crippen LogP contribution in [-0.2, 0) is 17.8 Å². The predicted molar refractivity (Wildman–Crippen MR) is 172 cm³/mol. The Morgan fingerprint density at radius 2 is 1.73 bits per heavy atom. The van der Waals surface area contributed by atoms with E-state index in [0.717, 1.165) is 69.4 Å². The van der Waals surface area contributed by atoms with E-state index in [-0.39, 0.29) is 29.2 Å². The number of hydrogen-bond acceptors (Lipinski definition) is 5. The number of hydrogen-bond donors (Lipinski definition) is 2. The lowest BCUT2D eigenvalue weighted by molar-refractivity contribution is -0.137. The van der Waals surface area contributed by atoms with Crippen LogP contribution < -0.4 is 10.6 Å². The number of likely N-dealkylation sites (tertiary alicyclic amines) is 1. The lowest BCUT2D eigenvalue weighted by Crippen LogP contribution is -2.55. The molecule has 2 aliphatic carbocycles. The van der Waals surface area contributed by atoms with Crippen LogP contribution in [0.3, 0.4) is 0 Å². The van der Waals surface area contributed by atoms with Gasteiger partial charge in [0.1, 0.15) is 18.5 Å². The Kier molecular flexibility index (Phi) is 10.2. The Morgan fingerprint density at radius 1 is 1.00 bits per heavy atom. The molecule has 0 unspecified atom stereocenters. The van der Waals surface area contributed by atoms with E-state index in [2.05, 4.69) is 31.7 Å². The summed E-state index contributed by atoms with van der Waals surface area (Å²) >= 11 is 6.18. The number of anilines is 1. The van der Waals surface area contributed by atoms with Crippen molar-refractivity contribution in [1.29, 1.82) is 0 Å². The van der Waals surface area contributed by atoms with Crippen molar-refractivity contribution in [2.75, 3.05) is 18.4 Å². The van der Waals surface area contributed by atoms with E-state index in [1.807, 2.05) is 35.3 Å². The average molecular weight is 620 g/mol. The van der Waals surface area contributed by atoms with Crippen LogP contribution in [0.25, 0.3) is 0 Å². The number of carbonyl (C=O) groups excluding carboxylic acids is 1. The first-order valence-corrected chi connectivity index (χ1v) is 16.9. The van der Waals surface area contributed by atoms with E-state index in [1.54, 1.807) is 12.4 Å². The molecule has 44 heavy (non-hydrogen) atoms. The summed E-state index contributed by atoms with van der Waals surface area (Å²) in [6, 6.07) is 15.8. The Balaban J connectivity index is 1.10. The van der Waals surface area contributed by atoms with Crippen molar-refractivity contribution in [3.05, 3.63) is 77.6 Å². The number of benzene rings is 2. The summed E-state index contributed by atoms with van der Waals surface area (Å²) in [5, 5.41) is 12.5. The van der Waals surface area contributed by atoms with Crippen LogP contribution in [0.2, 0.25) is 5.02 Å². The Morgan fingerprint density at radius 3 is 2.39 bits per heavy atom. The highest BCUT2D eigenvalue weighted by Crippen LogP contribution is 2.47. The van der Waals surface area contributed by atoms with Gasteiger partial charge in [0.25, 0.3) is 0 Å². The normalized spacial score (nSPS) is 23.3. The van der Waals surface area contributed by atoms with Crippen LogP contribution >= 0.6 is 11.6 Å². The van der Waals surface area contributed by atoms with Gasteiger partial charge in [0, 0.05) is 48.5 Å². The quantitative estimate of drug-likeness (QED) is 0.265. The molecule has 1 atom stereocenters. The zero-order valence-electron chi connectivity index (χ0n) is 25.6. The lowest BCUT2D eigenvalue weighted by atomic mass is 9.63. The fourth-order valence-electron chi connectivity index (χ4n) is 7.92. The third-order valence-electron chi connectivity index (χ3n) is 10.4. The van der Waals surface area contributed by atoms with Gasteiger partial charge in [0.05, 0.1) is 6.04 Å². The molecule has 0 spiro atoms. The molecule has 0 bridgehead atoms. The summed E-state index contributed by atoms with van der Waals surface area (Å²) in [6.07, 6.45) is 16.6. The molecule has 2 aromatic carbocycles. The molecule has 235 valence electrons. The summed E-state index contributed by atoms with van der Waals surface area (Å²) in [5.41, 5.74) is 2.11. The first-order valence-electron chi connectivity index (χ1n) is 16.5. The van der Waals surface area contributed by atoms with Gasteiger partial charge in [-0.15, -0.1) is 0 Å². The smallest absolute Gasteiger partial charge is 0.240 e. The summed E-state index contributed by atoms with van der Waals surface area (Å²) in [6.45, 7) is 2.46. The SMILES string of the molecule is O=C([C@@H](Cc1ccc(Cl)cc1)N[C@H]1CC[C@@H](Nc2[c]cc(F)cc2)CC1)N1CCC(Cn2cncn2)(C2CCCCC2)CC1. The first kappa shape index (κ1) is 31.0. The number of nitrogens with zero attached hydrogens (tertiary/aromatic N) is 4. The standard InChI is InChI=1S/C35H45ClFN6O/c36-28-8-6-26(7-9-28)22-33(41-32-16-14-31(15-17-32)40-30-12-10-29(37)11-13-30)34(44)42-20-18-35(19-21-42,23-43-25-38-24-39-43)27-4-2-1-3-5-27/h6-12,24-25,27,31-33,40-41H,1-5,14-23H2/t31-,32+,33-/m1/s1. The monoisotopic (exact) mass is 619 g/mol. The predicted octanol–water partition coefficient (Wildman–Crippen LogP) is 6.68. The zero-order chi connectivity index (χ0) is 30.4. The van der Waals surface area contributed by atoms with Gasteiger partial charge in [-0.1, -0.05) is 43.0 Å². The number of carbonyl (C=O) groups is 1. The maximum absolute atomic E-state index is 14.2. The van der Waals surface area contributed by atoms with Gasteiger partial charge in [-0.25, -0.2) is 9.37 Å². The third-order valence-corrected chi connectivity index (χ3v) is 10.7. The number of aromatic nitrogens is 3. The minimum atomic E-state index is -0.284. The third kappa shape index (κ3) is 7.81. The topological polar surface area (TPSA) is 75.1 Å². The van der Waals surface area contributed by atoms with E-state index in [4.69, 9.17) is 11.6 Å². The summed E-state index contributed by atoms with van der Waals surface area (Å²) in [7, 11) is 0. The molecule has 2 N–H and O–H groups in total. The van der Waals surface area contributed by atoms with Crippen molar-refractivity contribution < 1.29 is 9.18 Å². The maximum atomic E-state index is 14.2. The summed E-state index contributed by atoms with van der Waals surface area (Å²) < 4.78 is 15.3. The van der Waals surface area contributed by atoms with E-state index in [1.165, 1.54) is 44.2 Å². The van der Waals surface area contributed by atoms with Crippen LogP contribution in [0.5, 0.6) is 0 Å². The molecule has 6 rings (SSSR count). The van der Waals surface area contributed by atoms with E-state index < -0.39 is 0 Å². The Bertz CT molecular complexity index is 1310. The van der Waals surface area contributed by atoms with Gasteiger partial charge < -0.3 is 15.5 Å². The number of piperidine rings is 1. The van der Waals surface area contributed by atoms with Gasteiger partial charge >= 0.3 is 0 Å². The first-order chi connectivity index (χ1) is 21.5. The van der Waals surface area contributed by atoms with Gasteiger partial charge in [-0.2, -0.15) is 5.10 Å². The van der Waals surface area contributed by atoms with E-state index in [9.17, 15) is 9.18 Å². The lowest BCUT2D eigenvalue weighted by Gasteiger charge is -2.48. The molecule has 1 radical (unpaired) electrons. The molecule has 1 saturated heterocycles. The molecule has 3 aliphatic rings. The van der Waals surface area contributed by atoms with Gasteiger partial charge in [-0.05, 0) is 105 Å². The van der Waals surface area contributed by atoms with Crippen molar-refractivity contribution in [2.24, 2.45) is 11.3 Å². The second kappa shape index (κ2) is 14.4. The van der Waals surface area contributed by atoms with Gasteiger partial charge in [0.2, 0.25) is 5.91 Å². The molecular weight excluding hydrogens is 575 g/mol. The van der Waals surface area contributed by atoms with Gasteiger partial charge in [-0.3, -0.25) is 9.48 Å². The number of nitrogens with one attached hydrogen (secondary N) is 2. The number of halogens is 2. The summed E-state index contributed by atoms with van der Waals surface area (Å²) in [4.78, 5) is 20.6. The highest BCUT2D eigenvalue weighted by Gasteiger charge is 2.44. The maximum Gasteiger partial charge on any atom is 0.240 e. The minimum absolute atomic E-state index is 0.164. The van der Waals surface area contributed by atoms with Crippen molar-refractivity contribution in [2.45, 2.75) is 102 Å². The molecule has 3 aromatic rings. The second-order valence-electron chi connectivity index (χ2n) is 13.3. The molecule has 2 saturated carbocycles. The van der Waals surface area contributed by atoms with Crippen LogP contribution in [-0.4, -0.2) is 56.8 Å². The number of amides is 1. The molecule has 1 aliphatic heterocycles. The van der Waals surface area contributed by atoms with Crippen LogP contribution in [0.1, 0.15) is 76.2 Å². The molecule has 9 heteroatoms. The molecule has 1 aromatic heterocycles. The van der Waals surface area contributed by atoms with Crippen molar-refractivity contribution >= 4 is 23.2 Å². The van der Waals surface area contributed by atoms with E-state index in [0.29, 0.717) is 23.4 Å². The van der Waals surface area contributed by atoms with Crippen molar-refractivity contribution in [3.8, 4) is 0 Å². The fourth-order valence-corrected chi connectivity index (χ4v) is 8.04.